The molecule has 1 amide bonds. The molecule has 0 atom stereocenters. The number of halogens is 1. The number of sulfonamides is 1. The van der Waals surface area contributed by atoms with Gasteiger partial charge < -0.3 is 11.1 Å². The van der Waals surface area contributed by atoms with E-state index < -0.39 is 15.6 Å². The summed E-state index contributed by atoms with van der Waals surface area (Å²) in [5.74, 6) is 0.302. The highest BCUT2D eigenvalue weighted by Gasteiger charge is 2.31. The van der Waals surface area contributed by atoms with Gasteiger partial charge in [-0.15, -0.1) is 23.7 Å². The van der Waals surface area contributed by atoms with E-state index in [-0.39, 0.29) is 22.5 Å². The normalized spacial score (nSPS) is 16.9. The molecule has 9 heteroatoms. The molecule has 150 valence electrons. The van der Waals surface area contributed by atoms with Crippen LogP contribution < -0.4 is 11.1 Å². The van der Waals surface area contributed by atoms with E-state index >= 15 is 0 Å². The van der Waals surface area contributed by atoms with Gasteiger partial charge in [0, 0.05) is 19.6 Å². The first-order chi connectivity index (χ1) is 11.8. The van der Waals surface area contributed by atoms with Gasteiger partial charge in [0.15, 0.2) is 0 Å². The summed E-state index contributed by atoms with van der Waals surface area (Å²) in [6.07, 6.45) is 3.22. The zero-order chi connectivity index (χ0) is 18.7. The maximum Gasteiger partial charge on any atom is 0.261 e. The lowest BCUT2D eigenvalue weighted by Crippen LogP contribution is -2.52. The summed E-state index contributed by atoms with van der Waals surface area (Å²) in [6, 6.07) is 3.13. The van der Waals surface area contributed by atoms with Crippen LogP contribution >= 0.6 is 23.7 Å². The van der Waals surface area contributed by atoms with Crippen molar-refractivity contribution in [3.05, 3.63) is 17.0 Å². The van der Waals surface area contributed by atoms with E-state index in [9.17, 15) is 13.2 Å². The number of rotatable bonds is 7. The van der Waals surface area contributed by atoms with Gasteiger partial charge in [0.25, 0.3) is 15.9 Å². The second-order valence-corrected chi connectivity index (χ2v) is 10.1. The predicted octanol–water partition coefficient (Wildman–Crippen LogP) is 2.84. The summed E-state index contributed by atoms with van der Waals surface area (Å²) >= 11 is 1.03. The van der Waals surface area contributed by atoms with Crippen LogP contribution in [0.25, 0.3) is 0 Å². The Morgan fingerprint density at radius 2 is 1.88 bits per heavy atom. The smallest absolute Gasteiger partial charge is 0.261 e. The maximum absolute atomic E-state index is 12.8. The molecule has 0 radical (unpaired) electrons. The molecule has 6 nitrogen and oxygen atoms in total. The van der Waals surface area contributed by atoms with Gasteiger partial charge in [-0.3, -0.25) is 4.79 Å². The number of carbonyl (C=O) groups excluding carboxylic acids is 1. The van der Waals surface area contributed by atoms with Gasteiger partial charge in [-0.1, -0.05) is 20.8 Å². The number of nitrogens with one attached hydrogen (secondary N) is 1. The molecule has 2 rings (SSSR count). The first-order valence-corrected chi connectivity index (χ1v) is 11.2. The molecule has 0 saturated carbocycles. The lowest BCUT2D eigenvalue weighted by atomic mass is 9.93. The molecule has 26 heavy (non-hydrogen) atoms. The largest absolute Gasteiger partial charge is 0.345 e. The summed E-state index contributed by atoms with van der Waals surface area (Å²) in [4.78, 5) is 12.9. The average molecular weight is 424 g/mol. The standard InChI is InChI=1S/C17H29N3O3S2.ClH/c1-4-17(5-2,12-18)19-16(21)14-6-7-15(24-14)25(22,23)20-10-8-13(3)9-11-20;/h6-7,13H,4-5,8-12,18H2,1-3H3,(H,19,21);1H. The predicted molar refractivity (Wildman–Crippen MR) is 109 cm³/mol. The molecule has 0 aliphatic carbocycles. The topological polar surface area (TPSA) is 92.5 Å². The molecule has 1 saturated heterocycles. The Labute approximate surface area is 167 Å². The minimum absolute atomic E-state index is 0. The third-order valence-electron chi connectivity index (χ3n) is 5.26. The van der Waals surface area contributed by atoms with E-state index in [1.165, 1.54) is 10.4 Å². The van der Waals surface area contributed by atoms with Crippen molar-refractivity contribution in [2.75, 3.05) is 19.6 Å². The Bertz CT molecular complexity index is 686. The molecule has 0 bridgehead atoms. The average Bonchev–Trinajstić information content (AvgIpc) is 3.11. The Balaban J connectivity index is 0.00000338. The molecule has 2 heterocycles. The first kappa shape index (κ1) is 23.4. The highest BCUT2D eigenvalue weighted by atomic mass is 35.5. The third-order valence-corrected chi connectivity index (χ3v) is 8.71. The number of nitrogens with zero attached hydrogens (tertiary/aromatic N) is 1. The number of thiophene rings is 1. The molecule has 0 aromatic carbocycles. The van der Waals surface area contributed by atoms with E-state index in [1.807, 2.05) is 13.8 Å². The fourth-order valence-electron chi connectivity index (χ4n) is 3.00. The summed E-state index contributed by atoms with van der Waals surface area (Å²) in [5, 5.41) is 2.98. The number of carbonyl (C=O) groups is 1. The molecule has 1 aromatic heterocycles. The fourth-order valence-corrected chi connectivity index (χ4v) is 5.83. The van der Waals surface area contributed by atoms with Crippen molar-refractivity contribution in [2.24, 2.45) is 11.7 Å². The molecule has 0 spiro atoms. The van der Waals surface area contributed by atoms with E-state index in [4.69, 9.17) is 5.73 Å². The van der Waals surface area contributed by atoms with E-state index in [0.29, 0.717) is 30.4 Å². The number of hydrogen-bond donors (Lipinski definition) is 2. The maximum atomic E-state index is 12.8. The van der Waals surface area contributed by atoms with Crippen molar-refractivity contribution in [3.63, 3.8) is 0 Å². The van der Waals surface area contributed by atoms with Crippen molar-refractivity contribution >= 4 is 39.7 Å². The van der Waals surface area contributed by atoms with Crippen molar-refractivity contribution in [1.29, 1.82) is 0 Å². The number of amides is 1. The molecule has 3 N–H and O–H groups in total. The summed E-state index contributed by atoms with van der Waals surface area (Å²) in [5.41, 5.74) is 5.38. The van der Waals surface area contributed by atoms with Gasteiger partial charge in [0.05, 0.1) is 10.4 Å². The fraction of sp³-hybridized carbons (Fsp3) is 0.706. The van der Waals surface area contributed by atoms with Crippen molar-refractivity contribution in [2.45, 2.75) is 56.2 Å². The van der Waals surface area contributed by atoms with Crippen LogP contribution in [0.1, 0.15) is 56.1 Å². The lowest BCUT2D eigenvalue weighted by Gasteiger charge is -2.31. The highest BCUT2D eigenvalue weighted by Crippen LogP contribution is 2.28. The van der Waals surface area contributed by atoms with Gasteiger partial charge in [-0.25, -0.2) is 8.42 Å². The lowest BCUT2D eigenvalue weighted by molar-refractivity contribution is 0.0899. The minimum atomic E-state index is -3.51. The first-order valence-electron chi connectivity index (χ1n) is 8.90. The van der Waals surface area contributed by atoms with Gasteiger partial charge in [0.1, 0.15) is 4.21 Å². The van der Waals surface area contributed by atoms with Crippen LogP contribution in [0.3, 0.4) is 0 Å². The number of nitrogens with two attached hydrogens (primary N) is 1. The molecular formula is C17H30ClN3O3S2. The van der Waals surface area contributed by atoms with Crippen LogP contribution in [0.5, 0.6) is 0 Å². The van der Waals surface area contributed by atoms with Crippen LogP contribution in [-0.2, 0) is 10.0 Å². The molecule has 1 fully saturated rings. The molecular weight excluding hydrogens is 394 g/mol. The zero-order valence-electron chi connectivity index (χ0n) is 15.7. The van der Waals surface area contributed by atoms with Crippen LogP contribution in [-0.4, -0.2) is 43.8 Å². The van der Waals surface area contributed by atoms with Crippen molar-refractivity contribution in [3.8, 4) is 0 Å². The van der Waals surface area contributed by atoms with Crippen molar-refractivity contribution in [1.82, 2.24) is 9.62 Å². The van der Waals surface area contributed by atoms with E-state index in [2.05, 4.69) is 12.2 Å². The number of piperidine rings is 1. The SMILES string of the molecule is CCC(CC)(CN)NC(=O)c1ccc(S(=O)(=O)N2CCC(C)CC2)s1.Cl. The molecule has 1 aliphatic rings. The monoisotopic (exact) mass is 423 g/mol. The van der Waals surface area contributed by atoms with Crippen molar-refractivity contribution < 1.29 is 13.2 Å². The van der Waals surface area contributed by atoms with Crippen LogP contribution in [0.15, 0.2) is 16.3 Å². The van der Waals surface area contributed by atoms with Crippen LogP contribution in [0.2, 0.25) is 0 Å². The Morgan fingerprint density at radius 1 is 1.31 bits per heavy atom. The zero-order valence-corrected chi connectivity index (χ0v) is 18.1. The Hall–Kier alpha value is -0.670. The van der Waals surface area contributed by atoms with Gasteiger partial charge in [0.2, 0.25) is 0 Å². The molecule has 0 unspecified atom stereocenters. The second-order valence-electron chi connectivity index (χ2n) is 6.85. The highest BCUT2D eigenvalue weighted by molar-refractivity contribution is 7.91. The Kier molecular flexibility index (Phi) is 8.54. The minimum Gasteiger partial charge on any atom is -0.345 e. The summed E-state index contributed by atoms with van der Waals surface area (Å²) < 4.78 is 27.3. The second kappa shape index (κ2) is 9.50. The van der Waals surface area contributed by atoms with Crippen LogP contribution in [0.4, 0.5) is 0 Å². The van der Waals surface area contributed by atoms with Crippen LogP contribution in [0, 0.1) is 5.92 Å². The quantitative estimate of drug-likeness (QED) is 0.705. The molecule has 1 aromatic rings. The third kappa shape index (κ3) is 4.98. The number of hydrogen-bond acceptors (Lipinski definition) is 5. The Morgan fingerprint density at radius 3 is 2.38 bits per heavy atom. The van der Waals surface area contributed by atoms with Gasteiger partial charge >= 0.3 is 0 Å². The summed E-state index contributed by atoms with van der Waals surface area (Å²) in [6.45, 7) is 7.56. The summed E-state index contributed by atoms with van der Waals surface area (Å²) in [7, 11) is -3.51. The molecule has 1 aliphatic heterocycles. The van der Waals surface area contributed by atoms with E-state index in [0.717, 1.165) is 37.0 Å². The van der Waals surface area contributed by atoms with Gasteiger partial charge in [-0.05, 0) is 43.7 Å². The van der Waals surface area contributed by atoms with E-state index in [1.54, 1.807) is 6.07 Å². The van der Waals surface area contributed by atoms with Gasteiger partial charge in [-0.2, -0.15) is 4.31 Å².